The second kappa shape index (κ2) is 7.35. The third kappa shape index (κ3) is 3.31. The van der Waals surface area contributed by atoms with E-state index >= 15 is 0 Å². The molecule has 0 saturated heterocycles. The summed E-state index contributed by atoms with van der Waals surface area (Å²) < 4.78 is 17.8. The Morgan fingerprint density at radius 2 is 1.96 bits per heavy atom. The van der Waals surface area contributed by atoms with Crippen LogP contribution < -0.4 is 5.32 Å². The van der Waals surface area contributed by atoms with E-state index in [9.17, 15) is 9.18 Å². The van der Waals surface area contributed by atoms with Crippen molar-refractivity contribution in [2.75, 3.05) is 5.32 Å². The maximum atomic E-state index is 14.1. The molecule has 2 heterocycles. The number of benzene rings is 2. The maximum Gasteiger partial charge on any atom is 0.259 e. The normalized spacial score (nSPS) is 10.8. The summed E-state index contributed by atoms with van der Waals surface area (Å²) in [6.07, 6.45) is 4.38. The average molecular weight is 441 g/mol. The Morgan fingerprint density at radius 1 is 1.14 bits per heavy atom. The van der Waals surface area contributed by atoms with E-state index < -0.39 is 5.82 Å². The number of nitrogens with zero attached hydrogens (tertiary/aromatic N) is 5. The Balaban J connectivity index is 1.68. The van der Waals surface area contributed by atoms with Crippen molar-refractivity contribution in [1.82, 2.24) is 24.5 Å². The standard InChI is InChI=1S/C19H14BrFN6O/c1-12-14(9-23-27(12)17-5-3-2-4-15(17)21)19(28)25-16-8-13(20)6-7-18(16)26-11-22-10-24-26/h2-11H,1H3,(H,25,28). The van der Waals surface area contributed by atoms with E-state index in [1.165, 1.54) is 23.3 Å². The van der Waals surface area contributed by atoms with Gasteiger partial charge in [-0.15, -0.1) is 0 Å². The van der Waals surface area contributed by atoms with E-state index in [0.29, 0.717) is 22.6 Å². The zero-order chi connectivity index (χ0) is 19.7. The molecule has 1 N–H and O–H groups in total. The quantitative estimate of drug-likeness (QED) is 0.521. The lowest BCUT2D eigenvalue weighted by atomic mass is 10.2. The van der Waals surface area contributed by atoms with Gasteiger partial charge in [0, 0.05) is 4.47 Å². The number of carbonyl (C=O) groups excluding carboxylic acids is 1. The van der Waals surface area contributed by atoms with Crippen LogP contribution in [-0.4, -0.2) is 30.5 Å². The van der Waals surface area contributed by atoms with E-state index in [2.05, 4.69) is 36.4 Å². The fourth-order valence-corrected chi connectivity index (χ4v) is 3.19. The van der Waals surface area contributed by atoms with Gasteiger partial charge in [0.05, 0.1) is 28.8 Å². The third-order valence-corrected chi connectivity index (χ3v) is 4.70. The summed E-state index contributed by atoms with van der Waals surface area (Å²) in [5.74, 6) is -0.777. The van der Waals surface area contributed by atoms with Gasteiger partial charge in [-0.2, -0.15) is 10.2 Å². The van der Waals surface area contributed by atoms with Gasteiger partial charge in [-0.3, -0.25) is 4.79 Å². The van der Waals surface area contributed by atoms with Crippen LogP contribution in [0, 0.1) is 12.7 Å². The Kier molecular flexibility index (Phi) is 4.74. The molecule has 4 aromatic rings. The van der Waals surface area contributed by atoms with E-state index in [1.807, 2.05) is 12.1 Å². The SMILES string of the molecule is Cc1c(C(=O)Nc2cc(Br)ccc2-n2cncn2)cnn1-c1ccccc1F. The number of rotatable bonds is 4. The van der Waals surface area contributed by atoms with Gasteiger partial charge < -0.3 is 5.32 Å². The first kappa shape index (κ1) is 18.1. The number of amides is 1. The molecule has 7 nitrogen and oxygen atoms in total. The Morgan fingerprint density at radius 3 is 2.71 bits per heavy atom. The van der Waals surface area contributed by atoms with Crippen molar-refractivity contribution in [3.05, 3.63) is 82.9 Å². The largest absolute Gasteiger partial charge is 0.320 e. The Labute approximate surface area is 168 Å². The first-order chi connectivity index (χ1) is 13.5. The van der Waals surface area contributed by atoms with E-state index in [0.717, 1.165) is 4.47 Å². The van der Waals surface area contributed by atoms with Gasteiger partial charge in [-0.05, 0) is 37.3 Å². The number of aromatic nitrogens is 5. The third-order valence-electron chi connectivity index (χ3n) is 4.21. The zero-order valence-electron chi connectivity index (χ0n) is 14.7. The van der Waals surface area contributed by atoms with E-state index in [1.54, 1.807) is 42.2 Å². The number of carbonyl (C=O) groups is 1. The number of nitrogens with one attached hydrogen (secondary N) is 1. The lowest BCUT2D eigenvalue weighted by Crippen LogP contribution is -2.15. The van der Waals surface area contributed by atoms with Gasteiger partial charge in [0.15, 0.2) is 0 Å². The maximum absolute atomic E-state index is 14.1. The number of anilines is 1. The second-order valence-corrected chi connectivity index (χ2v) is 6.88. The summed E-state index contributed by atoms with van der Waals surface area (Å²) in [6, 6.07) is 11.7. The molecule has 0 spiro atoms. The second-order valence-electron chi connectivity index (χ2n) is 5.96. The smallest absolute Gasteiger partial charge is 0.259 e. The molecule has 0 aliphatic heterocycles. The van der Waals surface area contributed by atoms with Crippen LogP contribution >= 0.6 is 15.9 Å². The molecule has 1 amide bonds. The minimum atomic E-state index is -0.416. The predicted molar refractivity (Wildman–Crippen MR) is 105 cm³/mol. The Bertz CT molecular complexity index is 1160. The highest BCUT2D eigenvalue weighted by atomic mass is 79.9. The molecule has 0 radical (unpaired) electrons. The lowest BCUT2D eigenvalue weighted by Gasteiger charge is -2.11. The van der Waals surface area contributed by atoms with Gasteiger partial charge in [0.25, 0.3) is 5.91 Å². The molecule has 28 heavy (non-hydrogen) atoms. The predicted octanol–water partition coefficient (Wildman–Crippen LogP) is 3.92. The number of hydrogen-bond donors (Lipinski definition) is 1. The van der Waals surface area contributed by atoms with Gasteiger partial charge in [-0.25, -0.2) is 18.7 Å². The summed E-state index contributed by atoms with van der Waals surface area (Å²) in [7, 11) is 0. The highest BCUT2D eigenvalue weighted by molar-refractivity contribution is 9.10. The summed E-state index contributed by atoms with van der Waals surface area (Å²) in [4.78, 5) is 16.8. The van der Waals surface area contributed by atoms with Gasteiger partial charge in [-0.1, -0.05) is 28.1 Å². The minimum absolute atomic E-state index is 0.282. The molecular formula is C19H14BrFN6O. The Hall–Kier alpha value is -3.33. The average Bonchev–Trinajstić information content (AvgIpc) is 3.32. The lowest BCUT2D eigenvalue weighted by molar-refractivity contribution is 0.102. The zero-order valence-corrected chi connectivity index (χ0v) is 16.3. The summed E-state index contributed by atoms with van der Waals surface area (Å²) in [5, 5.41) is 11.2. The molecule has 0 fully saturated rings. The van der Waals surface area contributed by atoms with Crippen LogP contribution in [0.2, 0.25) is 0 Å². The molecule has 0 aliphatic rings. The first-order valence-electron chi connectivity index (χ1n) is 8.30. The fraction of sp³-hybridized carbons (Fsp3) is 0.0526. The number of halogens is 2. The van der Waals surface area contributed by atoms with Crippen molar-refractivity contribution in [2.24, 2.45) is 0 Å². The number of hydrogen-bond acceptors (Lipinski definition) is 4. The number of para-hydroxylation sites is 1. The van der Waals surface area contributed by atoms with Crippen LogP contribution in [0.1, 0.15) is 16.1 Å². The van der Waals surface area contributed by atoms with Crippen LogP contribution in [0.25, 0.3) is 11.4 Å². The summed E-state index contributed by atoms with van der Waals surface area (Å²) in [5.41, 5.74) is 2.36. The molecule has 140 valence electrons. The summed E-state index contributed by atoms with van der Waals surface area (Å²) >= 11 is 3.41. The van der Waals surface area contributed by atoms with Crippen LogP contribution in [-0.2, 0) is 0 Å². The fourth-order valence-electron chi connectivity index (χ4n) is 2.83. The molecule has 9 heteroatoms. The van der Waals surface area contributed by atoms with E-state index in [-0.39, 0.29) is 11.6 Å². The van der Waals surface area contributed by atoms with Crippen molar-refractivity contribution in [1.29, 1.82) is 0 Å². The first-order valence-corrected chi connectivity index (χ1v) is 9.09. The van der Waals surface area contributed by atoms with Crippen molar-refractivity contribution in [3.63, 3.8) is 0 Å². The van der Waals surface area contributed by atoms with Crippen molar-refractivity contribution in [2.45, 2.75) is 6.92 Å². The molecule has 2 aromatic heterocycles. The summed E-state index contributed by atoms with van der Waals surface area (Å²) in [6.45, 7) is 1.72. The van der Waals surface area contributed by atoms with Crippen molar-refractivity contribution < 1.29 is 9.18 Å². The van der Waals surface area contributed by atoms with Gasteiger partial charge >= 0.3 is 0 Å². The van der Waals surface area contributed by atoms with E-state index in [4.69, 9.17) is 0 Å². The molecule has 0 bridgehead atoms. The molecule has 0 saturated carbocycles. The molecule has 0 atom stereocenters. The van der Waals surface area contributed by atoms with Crippen LogP contribution in [0.3, 0.4) is 0 Å². The van der Waals surface area contributed by atoms with Crippen LogP contribution in [0.15, 0.2) is 65.8 Å². The van der Waals surface area contributed by atoms with Crippen LogP contribution in [0.5, 0.6) is 0 Å². The monoisotopic (exact) mass is 440 g/mol. The van der Waals surface area contributed by atoms with Crippen LogP contribution in [0.4, 0.5) is 10.1 Å². The topological polar surface area (TPSA) is 77.6 Å². The van der Waals surface area contributed by atoms with Gasteiger partial charge in [0.2, 0.25) is 0 Å². The highest BCUT2D eigenvalue weighted by Gasteiger charge is 2.18. The molecular weight excluding hydrogens is 427 g/mol. The minimum Gasteiger partial charge on any atom is -0.320 e. The molecule has 4 rings (SSSR count). The van der Waals surface area contributed by atoms with Crippen molar-refractivity contribution >= 4 is 27.5 Å². The molecule has 0 unspecified atom stereocenters. The van der Waals surface area contributed by atoms with Crippen molar-refractivity contribution in [3.8, 4) is 11.4 Å². The highest BCUT2D eigenvalue weighted by Crippen LogP contribution is 2.25. The molecule has 2 aromatic carbocycles. The molecule has 0 aliphatic carbocycles. The van der Waals surface area contributed by atoms with Gasteiger partial charge in [0.1, 0.15) is 24.2 Å².